The summed E-state index contributed by atoms with van der Waals surface area (Å²) < 4.78 is 5.78. The van der Waals surface area contributed by atoms with E-state index in [1.54, 1.807) is 7.11 Å². The molecule has 1 N–H and O–H groups in total. The van der Waals surface area contributed by atoms with E-state index in [9.17, 15) is 5.11 Å². The lowest BCUT2D eigenvalue weighted by Gasteiger charge is -2.31. The predicted molar refractivity (Wildman–Crippen MR) is 111 cm³/mol. The molecule has 0 saturated heterocycles. The predicted octanol–water partition coefficient (Wildman–Crippen LogP) is 5.30. The fourth-order valence-corrected chi connectivity index (χ4v) is 3.81. The highest BCUT2D eigenvalue weighted by Gasteiger charge is 2.46. The number of hydrogen-bond donors (Lipinski definition) is 1. The van der Waals surface area contributed by atoms with Gasteiger partial charge in [-0.2, -0.15) is 0 Å². The molecular weight excluding hydrogens is 358 g/mol. The summed E-state index contributed by atoms with van der Waals surface area (Å²) in [5.74, 6) is 0.388. The Labute approximate surface area is 164 Å². The highest BCUT2D eigenvalue weighted by Crippen LogP contribution is 2.47. The minimum absolute atomic E-state index is 0.00563. The van der Waals surface area contributed by atoms with Crippen molar-refractivity contribution in [3.63, 3.8) is 0 Å². The number of rotatable bonds is 6. The van der Waals surface area contributed by atoms with E-state index in [1.165, 1.54) is 0 Å². The Morgan fingerprint density at radius 2 is 1.96 bits per heavy atom. The molecule has 27 heavy (non-hydrogen) atoms. The second kappa shape index (κ2) is 7.43. The number of fused-ring (bicyclic) bond motifs is 1. The standard InChI is InChI=1S/C23H22ClNO2/c1-27-23(15-26,18-8-9-18)19-4-2-3-16(13-19)5-11-21-12-7-17-6-10-20(24)14-22(17)25-21/h2-7,10-14,18,26H,8-9,15H2,1H3. The third-order valence-corrected chi connectivity index (χ3v) is 5.57. The lowest BCUT2D eigenvalue weighted by Crippen LogP contribution is -2.35. The molecule has 4 rings (SSSR count). The average molecular weight is 380 g/mol. The van der Waals surface area contributed by atoms with Crippen molar-refractivity contribution in [2.45, 2.75) is 18.4 Å². The Morgan fingerprint density at radius 1 is 1.15 bits per heavy atom. The summed E-state index contributed by atoms with van der Waals surface area (Å²) in [6.07, 6.45) is 6.22. The Bertz CT molecular complexity index is 991. The van der Waals surface area contributed by atoms with E-state index < -0.39 is 5.60 Å². The van der Waals surface area contributed by atoms with Crippen LogP contribution in [-0.2, 0) is 10.3 Å². The van der Waals surface area contributed by atoms with Crippen molar-refractivity contribution in [1.82, 2.24) is 4.98 Å². The highest BCUT2D eigenvalue weighted by molar-refractivity contribution is 6.31. The zero-order valence-corrected chi connectivity index (χ0v) is 16.0. The van der Waals surface area contributed by atoms with Gasteiger partial charge in [0, 0.05) is 17.5 Å². The molecular formula is C23H22ClNO2. The van der Waals surface area contributed by atoms with Crippen LogP contribution in [-0.4, -0.2) is 23.8 Å². The summed E-state index contributed by atoms with van der Waals surface area (Å²) in [6.45, 7) is -0.00563. The van der Waals surface area contributed by atoms with Gasteiger partial charge in [-0.15, -0.1) is 0 Å². The Morgan fingerprint density at radius 3 is 2.70 bits per heavy atom. The number of aromatic nitrogens is 1. The van der Waals surface area contributed by atoms with Gasteiger partial charge < -0.3 is 9.84 Å². The average Bonchev–Trinajstić information content (AvgIpc) is 3.54. The van der Waals surface area contributed by atoms with Gasteiger partial charge in [0.15, 0.2) is 0 Å². The van der Waals surface area contributed by atoms with Crippen molar-refractivity contribution in [3.8, 4) is 0 Å². The number of aliphatic hydroxyl groups excluding tert-OH is 1. The van der Waals surface area contributed by atoms with Crippen LogP contribution in [0.2, 0.25) is 5.02 Å². The first-order valence-corrected chi connectivity index (χ1v) is 9.53. The number of nitrogens with zero attached hydrogens (tertiary/aromatic N) is 1. The van der Waals surface area contributed by atoms with E-state index in [0.29, 0.717) is 10.9 Å². The molecule has 1 fully saturated rings. The van der Waals surface area contributed by atoms with Crippen LogP contribution in [0.1, 0.15) is 29.7 Å². The summed E-state index contributed by atoms with van der Waals surface area (Å²) in [4.78, 5) is 4.66. The molecule has 3 nitrogen and oxygen atoms in total. The number of methoxy groups -OCH3 is 1. The van der Waals surface area contributed by atoms with Gasteiger partial charge in [-0.1, -0.05) is 48.0 Å². The van der Waals surface area contributed by atoms with Crippen molar-refractivity contribution >= 4 is 34.7 Å². The van der Waals surface area contributed by atoms with Crippen LogP contribution in [0.3, 0.4) is 0 Å². The summed E-state index contributed by atoms with van der Waals surface area (Å²) in [7, 11) is 1.68. The second-order valence-electron chi connectivity index (χ2n) is 7.06. The van der Waals surface area contributed by atoms with E-state index >= 15 is 0 Å². The van der Waals surface area contributed by atoms with Crippen LogP contribution in [0, 0.1) is 5.92 Å². The summed E-state index contributed by atoms with van der Waals surface area (Å²) in [5, 5.41) is 11.7. The van der Waals surface area contributed by atoms with Crippen molar-refractivity contribution in [2.75, 3.05) is 13.7 Å². The van der Waals surface area contributed by atoms with Gasteiger partial charge in [-0.25, -0.2) is 4.98 Å². The fraction of sp³-hybridized carbons (Fsp3) is 0.261. The second-order valence-corrected chi connectivity index (χ2v) is 7.49. The SMILES string of the molecule is COC(CO)(c1cccc(C=Cc2ccc3ccc(Cl)cc3n2)c1)C1CC1. The van der Waals surface area contributed by atoms with E-state index in [2.05, 4.69) is 11.1 Å². The van der Waals surface area contributed by atoms with Crippen molar-refractivity contribution in [1.29, 1.82) is 0 Å². The van der Waals surface area contributed by atoms with Crippen LogP contribution >= 0.6 is 11.6 Å². The van der Waals surface area contributed by atoms with Crippen molar-refractivity contribution in [2.24, 2.45) is 5.92 Å². The third-order valence-electron chi connectivity index (χ3n) is 5.33. The number of ether oxygens (including phenoxy) is 1. The van der Waals surface area contributed by atoms with Gasteiger partial charge in [0.25, 0.3) is 0 Å². The quantitative estimate of drug-likeness (QED) is 0.631. The van der Waals surface area contributed by atoms with Gasteiger partial charge >= 0.3 is 0 Å². The number of halogens is 1. The van der Waals surface area contributed by atoms with Gasteiger partial charge in [-0.3, -0.25) is 0 Å². The van der Waals surface area contributed by atoms with Crippen LogP contribution < -0.4 is 0 Å². The Kier molecular flexibility index (Phi) is 5.00. The molecule has 4 heteroatoms. The van der Waals surface area contributed by atoms with Crippen LogP contribution in [0.4, 0.5) is 0 Å². The zero-order chi connectivity index (χ0) is 18.9. The molecule has 1 aliphatic carbocycles. The largest absolute Gasteiger partial charge is 0.393 e. The van der Waals surface area contributed by atoms with Crippen LogP contribution in [0.5, 0.6) is 0 Å². The van der Waals surface area contributed by atoms with Gasteiger partial charge in [0.1, 0.15) is 5.60 Å². The molecule has 0 amide bonds. The number of pyridine rings is 1. The third kappa shape index (κ3) is 3.63. The molecule has 0 aliphatic heterocycles. The first-order valence-electron chi connectivity index (χ1n) is 9.15. The summed E-state index contributed by atoms with van der Waals surface area (Å²) in [5.41, 5.74) is 3.23. The van der Waals surface area contributed by atoms with Crippen molar-refractivity contribution < 1.29 is 9.84 Å². The topological polar surface area (TPSA) is 42.4 Å². The smallest absolute Gasteiger partial charge is 0.118 e. The maximum atomic E-state index is 10.00. The highest BCUT2D eigenvalue weighted by atomic mass is 35.5. The monoisotopic (exact) mass is 379 g/mol. The molecule has 1 saturated carbocycles. The molecule has 1 aliphatic rings. The minimum Gasteiger partial charge on any atom is -0.393 e. The minimum atomic E-state index is -0.595. The molecule has 1 unspecified atom stereocenters. The first-order chi connectivity index (χ1) is 13.1. The van der Waals surface area contributed by atoms with Gasteiger partial charge in [-0.05, 0) is 60.2 Å². The molecule has 3 aromatic rings. The summed E-state index contributed by atoms with van der Waals surface area (Å²) >= 11 is 6.07. The van der Waals surface area contributed by atoms with Gasteiger partial charge in [0.2, 0.25) is 0 Å². The number of hydrogen-bond acceptors (Lipinski definition) is 3. The number of benzene rings is 2. The summed E-state index contributed by atoms with van der Waals surface area (Å²) in [6, 6.07) is 17.9. The van der Waals surface area contributed by atoms with Crippen molar-refractivity contribution in [3.05, 3.63) is 76.4 Å². The normalized spacial score (nSPS) is 16.7. The van der Waals surface area contributed by atoms with E-state index in [-0.39, 0.29) is 6.61 Å². The molecule has 138 valence electrons. The van der Waals surface area contributed by atoms with E-state index in [0.717, 1.165) is 40.6 Å². The Balaban J connectivity index is 1.63. The maximum absolute atomic E-state index is 10.00. The molecule has 0 spiro atoms. The van der Waals surface area contributed by atoms with E-state index in [1.807, 2.05) is 60.7 Å². The molecule has 0 bridgehead atoms. The molecule has 2 aromatic carbocycles. The van der Waals surface area contributed by atoms with Crippen LogP contribution in [0.15, 0.2) is 54.6 Å². The lowest BCUT2D eigenvalue weighted by atomic mass is 9.88. The fourth-order valence-electron chi connectivity index (χ4n) is 3.64. The molecule has 1 heterocycles. The Hall–Kier alpha value is -2.20. The zero-order valence-electron chi connectivity index (χ0n) is 15.2. The molecule has 1 atom stereocenters. The van der Waals surface area contributed by atoms with Gasteiger partial charge in [0.05, 0.1) is 17.8 Å². The maximum Gasteiger partial charge on any atom is 0.118 e. The van der Waals surface area contributed by atoms with E-state index in [4.69, 9.17) is 16.3 Å². The first kappa shape index (κ1) is 18.2. The lowest BCUT2D eigenvalue weighted by molar-refractivity contribution is -0.0743. The number of aliphatic hydroxyl groups is 1. The molecule has 1 aromatic heterocycles. The molecule has 0 radical (unpaired) electrons. The van der Waals surface area contributed by atoms with Crippen LogP contribution in [0.25, 0.3) is 23.1 Å².